The zero-order valence-corrected chi connectivity index (χ0v) is 10.6. The molecule has 1 fully saturated rings. The number of hydrogen-bond acceptors (Lipinski definition) is 3. The Morgan fingerprint density at radius 1 is 1.11 bits per heavy atom. The van der Waals surface area contributed by atoms with Crippen LogP contribution < -0.4 is 0 Å². The number of carbonyl (C=O) groups excluding carboxylic acids is 1. The third-order valence-electron chi connectivity index (χ3n) is 3.09. The zero-order chi connectivity index (χ0) is 12.6. The van der Waals surface area contributed by atoms with Crippen molar-refractivity contribution in [3.05, 3.63) is 35.9 Å². The largest absolute Gasteiger partial charge is 0.353 e. The normalized spacial score (nSPS) is 16.7. The van der Waals surface area contributed by atoms with Gasteiger partial charge in [-0.25, -0.2) is 0 Å². The zero-order valence-electron chi connectivity index (χ0n) is 10.6. The first-order valence-corrected chi connectivity index (χ1v) is 6.63. The van der Waals surface area contributed by atoms with Crippen LogP contribution in [0.15, 0.2) is 30.3 Å². The summed E-state index contributed by atoms with van der Waals surface area (Å²) in [6.45, 7) is 1.51. The van der Waals surface area contributed by atoms with Crippen molar-refractivity contribution in [2.24, 2.45) is 0 Å². The lowest BCUT2D eigenvalue weighted by atomic mass is 10.1. The molecule has 1 saturated heterocycles. The van der Waals surface area contributed by atoms with Gasteiger partial charge in [0.2, 0.25) is 0 Å². The summed E-state index contributed by atoms with van der Waals surface area (Å²) in [5.41, 5.74) is 1.22. The molecule has 3 nitrogen and oxygen atoms in total. The van der Waals surface area contributed by atoms with E-state index in [-0.39, 0.29) is 12.1 Å². The van der Waals surface area contributed by atoms with E-state index >= 15 is 0 Å². The maximum atomic E-state index is 11.7. The van der Waals surface area contributed by atoms with Crippen LogP contribution in [0.2, 0.25) is 0 Å². The van der Waals surface area contributed by atoms with Gasteiger partial charge in [0.15, 0.2) is 6.29 Å². The Kier molecular flexibility index (Phi) is 5.36. The van der Waals surface area contributed by atoms with E-state index in [4.69, 9.17) is 9.47 Å². The van der Waals surface area contributed by atoms with Gasteiger partial charge in [0, 0.05) is 19.3 Å². The van der Waals surface area contributed by atoms with Crippen LogP contribution >= 0.6 is 0 Å². The van der Waals surface area contributed by atoms with Gasteiger partial charge in [-0.05, 0) is 18.4 Å². The lowest BCUT2D eigenvalue weighted by Crippen LogP contribution is -2.25. The molecule has 1 aromatic carbocycles. The van der Waals surface area contributed by atoms with E-state index in [2.05, 4.69) is 12.1 Å². The summed E-state index contributed by atoms with van der Waals surface area (Å²) in [5, 5.41) is 0. The SMILES string of the molecule is O=C(CCc1ccccc1)CCC1OCCCO1. The van der Waals surface area contributed by atoms with E-state index in [1.54, 1.807) is 0 Å². The molecule has 0 radical (unpaired) electrons. The van der Waals surface area contributed by atoms with Crippen molar-refractivity contribution in [2.45, 2.75) is 38.4 Å². The van der Waals surface area contributed by atoms with Crippen molar-refractivity contribution in [1.82, 2.24) is 0 Å². The van der Waals surface area contributed by atoms with Crippen molar-refractivity contribution >= 4 is 5.78 Å². The summed E-state index contributed by atoms with van der Waals surface area (Å²) in [7, 11) is 0. The maximum absolute atomic E-state index is 11.7. The highest BCUT2D eigenvalue weighted by Gasteiger charge is 2.15. The summed E-state index contributed by atoms with van der Waals surface area (Å²) in [6.07, 6.45) is 3.46. The maximum Gasteiger partial charge on any atom is 0.157 e. The summed E-state index contributed by atoms with van der Waals surface area (Å²) < 4.78 is 10.8. The average molecular weight is 248 g/mol. The van der Waals surface area contributed by atoms with Gasteiger partial charge in [0.1, 0.15) is 5.78 Å². The summed E-state index contributed by atoms with van der Waals surface area (Å²) >= 11 is 0. The fourth-order valence-electron chi connectivity index (χ4n) is 2.04. The molecule has 0 amide bonds. The minimum Gasteiger partial charge on any atom is -0.353 e. The van der Waals surface area contributed by atoms with Gasteiger partial charge in [-0.1, -0.05) is 30.3 Å². The van der Waals surface area contributed by atoms with Crippen molar-refractivity contribution in [3.63, 3.8) is 0 Å². The molecular formula is C15H20O3. The van der Waals surface area contributed by atoms with Gasteiger partial charge in [-0.3, -0.25) is 4.79 Å². The molecule has 1 aromatic rings. The van der Waals surface area contributed by atoms with Crippen LogP contribution in [0, 0.1) is 0 Å². The molecule has 0 unspecified atom stereocenters. The molecule has 0 saturated carbocycles. The number of Topliss-reactive ketones (excluding diaryl/α,β-unsaturated/α-hetero) is 1. The Morgan fingerprint density at radius 3 is 2.56 bits per heavy atom. The van der Waals surface area contributed by atoms with E-state index in [1.807, 2.05) is 18.2 Å². The van der Waals surface area contributed by atoms with Gasteiger partial charge >= 0.3 is 0 Å². The highest BCUT2D eigenvalue weighted by Crippen LogP contribution is 2.12. The molecule has 1 heterocycles. The number of ketones is 1. The summed E-state index contributed by atoms with van der Waals surface area (Å²) in [4.78, 5) is 11.7. The molecule has 1 aliphatic rings. The van der Waals surface area contributed by atoms with Gasteiger partial charge in [0.05, 0.1) is 13.2 Å². The van der Waals surface area contributed by atoms with Crippen LogP contribution in [0.5, 0.6) is 0 Å². The van der Waals surface area contributed by atoms with Crippen LogP contribution in [0.1, 0.15) is 31.2 Å². The molecule has 0 bridgehead atoms. The van der Waals surface area contributed by atoms with Crippen LogP contribution in [0.3, 0.4) is 0 Å². The Bertz CT molecular complexity index is 355. The van der Waals surface area contributed by atoms with E-state index < -0.39 is 0 Å². The van der Waals surface area contributed by atoms with Crippen LogP contribution in [0.25, 0.3) is 0 Å². The van der Waals surface area contributed by atoms with Crippen LogP contribution in [0.4, 0.5) is 0 Å². The molecule has 0 spiro atoms. The number of rotatable bonds is 6. The smallest absolute Gasteiger partial charge is 0.157 e. The van der Waals surface area contributed by atoms with Crippen LogP contribution in [-0.2, 0) is 20.7 Å². The lowest BCUT2D eigenvalue weighted by molar-refractivity contribution is -0.182. The molecule has 2 rings (SSSR count). The number of carbonyl (C=O) groups is 1. The fraction of sp³-hybridized carbons (Fsp3) is 0.533. The third kappa shape index (κ3) is 4.59. The second-order valence-electron chi connectivity index (χ2n) is 4.59. The molecule has 1 aliphatic heterocycles. The molecule has 0 aromatic heterocycles. The minimum absolute atomic E-state index is 0.167. The second-order valence-corrected chi connectivity index (χ2v) is 4.59. The molecule has 0 N–H and O–H groups in total. The Morgan fingerprint density at radius 2 is 1.83 bits per heavy atom. The Hall–Kier alpha value is -1.19. The fourth-order valence-corrected chi connectivity index (χ4v) is 2.04. The van der Waals surface area contributed by atoms with Crippen molar-refractivity contribution in [2.75, 3.05) is 13.2 Å². The van der Waals surface area contributed by atoms with E-state index in [0.717, 1.165) is 26.1 Å². The minimum atomic E-state index is -0.167. The van der Waals surface area contributed by atoms with Crippen molar-refractivity contribution in [3.8, 4) is 0 Å². The topological polar surface area (TPSA) is 35.5 Å². The molecule has 98 valence electrons. The summed E-state index contributed by atoms with van der Waals surface area (Å²) in [5.74, 6) is 0.289. The van der Waals surface area contributed by atoms with Gasteiger partial charge in [0.25, 0.3) is 0 Å². The highest BCUT2D eigenvalue weighted by atomic mass is 16.7. The first-order chi connectivity index (χ1) is 8.84. The third-order valence-corrected chi connectivity index (χ3v) is 3.09. The number of ether oxygens (including phenoxy) is 2. The summed E-state index contributed by atoms with van der Waals surface area (Å²) in [6, 6.07) is 10.1. The quantitative estimate of drug-likeness (QED) is 0.776. The van der Waals surface area contributed by atoms with Gasteiger partial charge in [-0.15, -0.1) is 0 Å². The van der Waals surface area contributed by atoms with E-state index in [0.29, 0.717) is 19.3 Å². The molecule has 3 heteroatoms. The first-order valence-electron chi connectivity index (χ1n) is 6.63. The second kappa shape index (κ2) is 7.29. The first kappa shape index (κ1) is 13.2. The standard InChI is InChI=1S/C15H20O3/c16-14(8-7-13-5-2-1-3-6-13)9-10-15-17-11-4-12-18-15/h1-3,5-6,15H,4,7-12H2. The van der Waals surface area contributed by atoms with Crippen LogP contribution in [-0.4, -0.2) is 25.3 Å². The van der Waals surface area contributed by atoms with Gasteiger partial charge < -0.3 is 9.47 Å². The Labute approximate surface area is 108 Å². The lowest BCUT2D eigenvalue weighted by Gasteiger charge is -2.22. The van der Waals surface area contributed by atoms with E-state index in [1.165, 1.54) is 5.56 Å². The predicted octanol–water partition coefficient (Wildman–Crippen LogP) is 2.73. The predicted molar refractivity (Wildman–Crippen MR) is 69.3 cm³/mol. The number of hydrogen-bond donors (Lipinski definition) is 0. The van der Waals surface area contributed by atoms with Crippen molar-refractivity contribution < 1.29 is 14.3 Å². The molecular weight excluding hydrogens is 228 g/mol. The van der Waals surface area contributed by atoms with Crippen molar-refractivity contribution in [1.29, 1.82) is 0 Å². The Balaban J connectivity index is 1.63. The van der Waals surface area contributed by atoms with E-state index in [9.17, 15) is 4.79 Å². The molecule has 0 aliphatic carbocycles. The van der Waals surface area contributed by atoms with Gasteiger partial charge in [-0.2, -0.15) is 0 Å². The molecule has 18 heavy (non-hydrogen) atoms. The number of aryl methyl sites for hydroxylation is 1. The number of benzene rings is 1. The molecule has 0 atom stereocenters. The average Bonchev–Trinajstić information content (AvgIpc) is 2.45. The monoisotopic (exact) mass is 248 g/mol. The highest BCUT2D eigenvalue weighted by molar-refractivity contribution is 5.78.